The highest BCUT2D eigenvalue weighted by Crippen LogP contribution is 2.43. The first kappa shape index (κ1) is 51.8. The van der Waals surface area contributed by atoms with Crippen molar-refractivity contribution < 1.29 is 42.1 Å². The Morgan fingerprint density at radius 2 is 0.981 bits per heavy atom. The van der Waals surface area contributed by atoms with Gasteiger partial charge in [0, 0.05) is 12.8 Å². The van der Waals surface area contributed by atoms with Crippen LogP contribution in [-0.2, 0) is 32.7 Å². The maximum atomic E-state index is 12.7. The van der Waals surface area contributed by atoms with Gasteiger partial charge in [-0.3, -0.25) is 18.6 Å². The van der Waals surface area contributed by atoms with Gasteiger partial charge in [-0.25, -0.2) is 4.57 Å². The van der Waals surface area contributed by atoms with Gasteiger partial charge in [-0.2, -0.15) is 0 Å². The molecule has 0 aliphatic carbocycles. The van der Waals surface area contributed by atoms with Crippen molar-refractivity contribution in [2.75, 3.05) is 47.5 Å². The van der Waals surface area contributed by atoms with Crippen molar-refractivity contribution in [3.63, 3.8) is 0 Å². The SMILES string of the molecule is CCCC/C=C/CCCCCCCC(=O)OC[C@H](COP(=O)(O)OCC[N+](C)(C)C)OC(=O)CCCCCCCCCCCCCCCCCCCC. The van der Waals surface area contributed by atoms with E-state index >= 15 is 0 Å². The zero-order valence-corrected chi connectivity index (χ0v) is 36.2. The average molecular weight is 775 g/mol. The second kappa shape index (κ2) is 36.4. The summed E-state index contributed by atoms with van der Waals surface area (Å²) in [6.07, 6.45) is 36.9. The normalized spacial score (nSPS) is 13.7. The fraction of sp³-hybridized carbons (Fsp3) is 0.907. The van der Waals surface area contributed by atoms with Crippen LogP contribution in [0.15, 0.2) is 12.2 Å². The van der Waals surface area contributed by atoms with Crippen molar-refractivity contribution in [2.24, 2.45) is 0 Å². The summed E-state index contributed by atoms with van der Waals surface area (Å²) in [5, 5.41) is 0. The number of esters is 2. The molecule has 0 bridgehead atoms. The van der Waals surface area contributed by atoms with E-state index in [0.717, 1.165) is 57.8 Å². The van der Waals surface area contributed by atoms with Crippen LogP contribution in [0.4, 0.5) is 0 Å². The van der Waals surface area contributed by atoms with Crippen molar-refractivity contribution in [3.05, 3.63) is 12.2 Å². The van der Waals surface area contributed by atoms with Crippen molar-refractivity contribution in [1.29, 1.82) is 0 Å². The zero-order valence-electron chi connectivity index (χ0n) is 35.3. The molecule has 2 atom stereocenters. The molecule has 0 fully saturated rings. The fourth-order valence-electron chi connectivity index (χ4n) is 6.05. The molecule has 1 unspecified atom stereocenters. The van der Waals surface area contributed by atoms with Crippen LogP contribution in [0.1, 0.15) is 200 Å². The molecule has 1 N–H and O–H groups in total. The van der Waals surface area contributed by atoms with Gasteiger partial charge in [0.2, 0.25) is 0 Å². The van der Waals surface area contributed by atoms with Crippen LogP contribution in [-0.4, -0.2) is 74.9 Å². The summed E-state index contributed by atoms with van der Waals surface area (Å²) < 4.78 is 34.3. The minimum atomic E-state index is -4.37. The molecule has 0 spiro atoms. The average Bonchev–Trinajstić information content (AvgIpc) is 3.10. The van der Waals surface area contributed by atoms with Crippen molar-refractivity contribution in [2.45, 2.75) is 206 Å². The van der Waals surface area contributed by atoms with E-state index in [4.69, 9.17) is 18.5 Å². The Balaban J connectivity index is 4.30. The molecule has 0 aliphatic heterocycles. The molecule has 0 rings (SSSR count). The van der Waals surface area contributed by atoms with Crippen LogP contribution in [0.5, 0.6) is 0 Å². The Kier molecular flexibility index (Phi) is 35.5. The van der Waals surface area contributed by atoms with E-state index < -0.39 is 26.5 Å². The van der Waals surface area contributed by atoms with Gasteiger partial charge in [0.1, 0.15) is 19.8 Å². The number of unbranched alkanes of at least 4 members (excludes halogenated alkanes) is 24. The molecule has 0 aromatic heterocycles. The summed E-state index contributed by atoms with van der Waals surface area (Å²) in [5.74, 6) is -0.801. The molecular weight excluding hydrogens is 689 g/mol. The Hall–Kier alpha value is -1.25. The minimum absolute atomic E-state index is 0.0335. The number of nitrogens with zero attached hydrogens (tertiary/aromatic N) is 1. The van der Waals surface area contributed by atoms with Crippen LogP contribution < -0.4 is 0 Å². The monoisotopic (exact) mass is 775 g/mol. The molecule has 0 saturated carbocycles. The lowest BCUT2D eigenvalue weighted by Gasteiger charge is -2.24. The van der Waals surface area contributed by atoms with E-state index in [1.54, 1.807) is 0 Å². The van der Waals surface area contributed by atoms with Gasteiger partial charge in [-0.05, 0) is 32.1 Å². The standard InChI is InChI=1S/C43H84NO8P/c1-6-8-10-12-14-16-18-19-20-21-22-23-24-26-28-30-32-34-36-43(46)52-41(40-51-53(47,48)50-38-37-44(3,4)5)39-49-42(45)35-33-31-29-27-25-17-15-13-11-9-7-2/h13,15,41H,6-12,14,16-40H2,1-5H3/p+1/b15-13+/t41-/m1/s1. The number of rotatable bonds is 40. The van der Waals surface area contributed by atoms with Crippen LogP contribution in [0.3, 0.4) is 0 Å². The van der Waals surface area contributed by atoms with Gasteiger partial charge >= 0.3 is 19.8 Å². The first-order valence-electron chi connectivity index (χ1n) is 21.9. The van der Waals surface area contributed by atoms with E-state index in [-0.39, 0.29) is 32.0 Å². The number of quaternary nitrogens is 1. The van der Waals surface area contributed by atoms with Gasteiger partial charge in [-0.15, -0.1) is 0 Å². The lowest BCUT2D eigenvalue weighted by molar-refractivity contribution is -0.870. The first-order chi connectivity index (χ1) is 25.5. The van der Waals surface area contributed by atoms with E-state index in [1.165, 1.54) is 109 Å². The highest BCUT2D eigenvalue weighted by molar-refractivity contribution is 7.47. The quantitative estimate of drug-likeness (QED) is 0.0215. The van der Waals surface area contributed by atoms with E-state index in [0.29, 0.717) is 17.4 Å². The van der Waals surface area contributed by atoms with Crippen LogP contribution in [0.2, 0.25) is 0 Å². The van der Waals surface area contributed by atoms with Gasteiger partial charge in [0.05, 0.1) is 27.7 Å². The highest BCUT2D eigenvalue weighted by Gasteiger charge is 2.27. The molecule has 10 heteroatoms. The Morgan fingerprint density at radius 3 is 1.45 bits per heavy atom. The number of phosphoric acid groups is 1. The number of ether oxygens (including phenoxy) is 2. The van der Waals surface area contributed by atoms with Gasteiger partial charge in [0.15, 0.2) is 6.10 Å². The number of carbonyl (C=O) groups excluding carboxylic acids is 2. The molecule has 0 saturated heterocycles. The second-order valence-corrected chi connectivity index (χ2v) is 17.5. The van der Waals surface area contributed by atoms with E-state index in [1.807, 2.05) is 21.1 Å². The summed E-state index contributed by atoms with van der Waals surface area (Å²) >= 11 is 0. The van der Waals surface area contributed by atoms with Crippen molar-refractivity contribution >= 4 is 19.8 Å². The topological polar surface area (TPSA) is 108 Å². The smallest absolute Gasteiger partial charge is 0.462 e. The van der Waals surface area contributed by atoms with Gasteiger partial charge < -0.3 is 18.9 Å². The maximum absolute atomic E-state index is 12.7. The third-order valence-corrected chi connectivity index (χ3v) is 10.5. The van der Waals surface area contributed by atoms with Crippen LogP contribution in [0.25, 0.3) is 0 Å². The van der Waals surface area contributed by atoms with E-state index in [2.05, 4.69) is 26.0 Å². The Bertz CT molecular complexity index is 922. The summed E-state index contributed by atoms with van der Waals surface area (Å²) in [6.45, 7) is 4.39. The number of likely N-dealkylation sites (N-methyl/N-ethyl adjacent to an activating group) is 1. The fourth-order valence-corrected chi connectivity index (χ4v) is 6.80. The molecule has 0 heterocycles. The molecule has 9 nitrogen and oxygen atoms in total. The largest absolute Gasteiger partial charge is 0.472 e. The number of hydrogen-bond acceptors (Lipinski definition) is 7. The summed E-state index contributed by atoms with van der Waals surface area (Å²) in [7, 11) is 1.48. The number of hydrogen-bond donors (Lipinski definition) is 1. The lowest BCUT2D eigenvalue weighted by Crippen LogP contribution is -2.37. The molecule has 0 aromatic carbocycles. The van der Waals surface area contributed by atoms with Crippen molar-refractivity contribution in [1.82, 2.24) is 0 Å². The molecular formula is C43H85NO8P+. The summed E-state index contributed by atoms with van der Waals surface area (Å²) in [4.78, 5) is 35.3. The molecule has 0 amide bonds. The Morgan fingerprint density at radius 1 is 0.566 bits per heavy atom. The van der Waals surface area contributed by atoms with E-state index in [9.17, 15) is 19.0 Å². The van der Waals surface area contributed by atoms with Crippen molar-refractivity contribution in [3.8, 4) is 0 Å². The van der Waals surface area contributed by atoms with Crippen LogP contribution in [0, 0.1) is 0 Å². The zero-order chi connectivity index (χ0) is 39.3. The second-order valence-electron chi connectivity index (χ2n) is 16.1. The molecule has 0 aliphatic rings. The third-order valence-electron chi connectivity index (χ3n) is 9.55. The highest BCUT2D eigenvalue weighted by atomic mass is 31.2. The third kappa shape index (κ3) is 40.2. The molecule has 53 heavy (non-hydrogen) atoms. The van der Waals surface area contributed by atoms with Gasteiger partial charge in [-0.1, -0.05) is 167 Å². The number of allylic oxidation sites excluding steroid dienone is 2. The maximum Gasteiger partial charge on any atom is 0.472 e. The minimum Gasteiger partial charge on any atom is -0.462 e. The predicted molar refractivity (Wildman–Crippen MR) is 220 cm³/mol. The molecule has 314 valence electrons. The lowest BCUT2D eigenvalue weighted by atomic mass is 10.0. The number of phosphoric ester groups is 1. The first-order valence-corrected chi connectivity index (χ1v) is 23.4. The number of carbonyl (C=O) groups is 2. The predicted octanol–water partition coefficient (Wildman–Crippen LogP) is 12.2. The van der Waals surface area contributed by atoms with Gasteiger partial charge in [0.25, 0.3) is 0 Å². The van der Waals surface area contributed by atoms with Crippen LogP contribution >= 0.6 is 7.82 Å². The molecule has 0 radical (unpaired) electrons. The summed E-state index contributed by atoms with van der Waals surface area (Å²) in [5.41, 5.74) is 0. The Labute approximate surface area is 326 Å². The summed E-state index contributed by atoms with van der Waals surface area (Å²) in [6, 6.07) is 0. The molecule has 0 aromatic rings.